The van der Waals surface area contributed by atoms with Crippen LogP contribution in [0.1, 0.15) is 25.1 Å². The summed E-state index contributed by atoms with van der Waals surface area (Å²) in [6.45, 7) is 0.490. The topological polar surface area (TPSA) is 57.8 Å². The number of imidazole rings is 1. The molecule has 1 heterocycles. The normalized spacial score (nSPS) is 15.8. The van der Waals surface area contributed by atoms with Crippen molar-refractivity contribution in [3.05, 3.63) is 30.1 Å². The number of nitrogens with one attached hydrogen (secondary N) is 2. The van der Waals surface area contributed by atoms with E-state index in [1.54, 1.807) is 0 Å². The zero-order chi connectivity index (χ0) is 11.7. The third-order valence-electron chi connectivity index (χ3n) is 3.34. The lowest BCUT2D eigenvalue weighted by Gasteiger charge is -2.23. The summed E-state index contributed by atoms with van der Waals surface area (Å²) in [4.78, 5) is 19.3. The van der Waals surface area contributed by atoms with Crippen LogP contribution >= 0.6 is 0 Å². The number of carbonyl (C=O) groups excluding carboxylic acids is 1. The van der Waals surface area contributed by atoms with Crippen molar-refractivity contribution in [3.63, 3.8) is 0 Å². The van der Waals surface area contributed by atoms with Crippen molar-refractivity contribution in [2.45, 2.75) is 25.8 Å². The van der Waals surface area contributed by atoms with Gasteiger partial charge in [-0.25, -0.2) is 4.98 Å². The van der Waals surface area contributed by atoms with Gasteiger partial charge in [-0.3, -0.25) is 4.79 Å². The molecule has 3 rings (SSSR count). The van der Waals surface area contributed by atoms with Gasteiger partial charge in [-0.2, -0.15) is 0 Å². The lowest BCUT2D eigenvalue weighted by molar-refractivity contribution is -0.127. The van der Waals surface area contributed by atoms with Crippen LogP contribution in [0.4, 0.5) is 0 Å². The van der Waals surface area contributed by atoms with Gasteiger partial charge in [0.1, 0.15) is 5.82 Å². The molecule has 0 saturated heterocycles. The molecule has 0 atom stereocenters. The highest BCUT2D eigenvalue weighted by molar-refractivity contribution is 5.79. The van der Waals surface area contributed by atoms with Gasteiger partial charge in [0.15, 0.2) is 0 Å². The molecular weight excluding hydrogens is 214 g/mol. The molecule has 4 nitrogen and oxygen atoms in total. The van der Waals surface area contributed by atoms with Crippen LogP contribution in [0.3, 0.4) is 0 Å². The monoisotopic (exact) mass is 229 g/mol. The molecular formula is C13H15N3O. The van der Waals surface area contributed by atoms with E-state index in [9.17, 15) is 4.79 Å². The average Bonchev–Trinajstić information content (AvgIpc) is 2.66. The maximum absolute atomic E-state index is 11.7. The quantitative estimate of drug-likeness (QED) is 0.845. The van der Waals surface area contributed by atoms with Crippen LogP contribution in [0.2, 0.25) is 0 Å². The fourth-order valence-corrected chi connectivity index (χ4v) is 2.07. The van der Waals surface area contributed by atoms with Crippen LogP contribution in [-0.2, 0) is 11.3 Å². The lowest BCUT2D eigenvalue weighted by Crippen LogP contribution is -2.34. The van der Waals surface area contributed by atoms with Crippen molar-refractivity contribution in [2.75, 3.05) is 0 Å². The number of hydrogen-bond acceptors (Lipinski definition) is 2. The van der Waals surface area contributed by atoms with Gasteiger partial charge in [0.05, 0.1) is 17.6 Å². The third kappa shape index (κ3) is 2.02. The van der Waals surface area contributed by atoms with Gasteiger partial charge in [0.2, 0.25) is 5.91 Å². The summed E-state index contributed by atoms with van der Waals surface area (Å²) in [5.74, 6) is 1.22. The fraction of sp³-hybridized carbons (Fsp3) is 0.385. The van der Waals surface area contributed by atoms with E-state index < -0.39 is 0 Å². The van der Waals surface area contributed by atoms with E-state index in [4.69, 9.17) is 0 Å². The molecule has 1 fully saturated rings. The molecule has 17 heavy (non-hydrogen) atoms. The Labute approximate surface area is 99.4 Å². The Morgan fingerprint density at radius 3 is 2.94 bits per heavy atom. The second kappa shape index (κ2) is 4.20. The van der Waals surface area contributed by atoms with Gasteiger partial charge in [-0.1, -0.05) is 18.6 Å². The second-order valence-corrected chi connectivity index (χ2v) is 4.55. The predicted octanol–water partition coefficient (Wildman–Crippen LogP) is 1.98. The largest absolute Gasteiger partial charge is 0.349 e. The number of fused-ring (bicyclic) bond motifs is 1. The average molecular weight is 229 g/mol. The van der Waals surface area contributed by atoms with Crippen LogP contribution in [0, 0.1) is 5.92 Å². The highest BCUT2D eigenvalue weighted by atomic mass is 16.1. The summed E-state index contributed by atoms with van der Waals surface area (Å²) < 4.78 is 0. The standard InChI is InChI=1S/C13H15N3O/c17-13(9-4-3-5-9)14-8-12-15-10-6-1-2-7-11(10)16-12/h1-2,6-7,9H,3-5,8H2,(H,14,17)(H,15,16). The van der Waals surface area contributed by atoms with Crippen LogP contribution in [-0.4, -0.2) is 15.9 Å². The van der Waals surface area contributed by atoms with E-state index in [0.29, 0.717) is 6.54 Å². The molecule has 0 unspecified atom stereocenters. The first-order chi connectivity index (χ1) is 8.33. The van der Waals surface area contributed by atoms with Gasteiger partial charge in [-0.05, 0) is 25.0 Å². The Balaban J connectivity index is 1.66. The molecule has 2 N–H and O–H groups in total. The number of amides is 1. The summed E-state index contributed by atoms with van der Waals surface area (Å²) in [7, 11) is 0. The summed E-state index contributed by atoms with van der Waals surface area (Å²) in [5, 5.41) is 2.93. The van der Waals surface area contributed by atoms with E-state index in [0.717, 1.165) is 29.7 Å². The number of aromatic nitrogens is 2. The van der Waals surface area contributed by atoms with Gasteiger partial charge in [0.25, 0.3) is 0 Å². The minimum Gasteiger partial charge on any atom is -0.349 e. The van der Waals surface area contributed by atoms with Crippen molar-refractivity contribution in [3.8, 4) is 0 Å². The Kier molecular flexibility index (Phi) is 2.55. The SMILES string of the molecule is O=C(NCc1nc2ccccc2[nH]1)C1CCC1. The number of benzene rings is 1. The zero-order valence-electron chi connectivity index (χ0n) is 9.57. The highest BCUT2D eigenvalue weighted by Gasteiger charge is 2.24. The first-order valence-corrected chi connectivity index (χ1v) is 6.04. The van der Waals surface area contributed by atoms with Crippen LogP contribution in [0.5, 0.6) is 0 Å². The smallest absolute Gasteiger partial charge is 0.223 e. The number of H-pyrrole nitrogens is 1. The van der Waals surface area contributed by atoms with E-state index >= 15 is 0 Å². The molecule has 1 aromatic heterocycles. The van der Waals surface area contributed by atoms with Crippen LogP contribution in [0.15, 0.2) is 24.3 Å². The molecule has 4 heteroatoms. The molecule has 88 valence electrons. The Morgan fingerprint density at radius 1 is 1.41 bits per heavy atom. The van der Waals surface area contributed by atoms with Crippen molar-refractivity contribution in [2.24, 2.45) is 5.92 Å². The maximum atomic E-state index is 11.7. The summed E-state index contributed by atoms with van der Waals surface area (Å²) in [6, 6.07) is 7.87. The van der Waals surface area contributed by atoms with Crippen molar-refractivity contribution < 1.29 is 4.79 Å². The minimum absolute atomic E-state index is 0.164. The van der Waals surface area contributed by atoms with E-state index in [2.05, 4.69) is 15.3 Å². The molecule has 2 aromatic rings. The Hall–Kier alpha value is -1.84. The Morgan fingerprint density at radius 2 is 2.24 bits per heavy atom. The summed E-state index contributed by atoms with van der Waals surface area (Å²) in [6.07, 6.45) is 3.25. The first kappa shape index (κ1) is 10.3. The Bertz CT molecular complexity index is 509. The van der Waals surface area contributed by atoms with Crippen molar-refractivity contribution >= 4 is 16.9 Å². The number of nitrogens with zero attached hydrogens (tertiary/aromatic N) is 1. The molecule has 0 aliphatic heterocycles. The zero-order valence-corrected chi connectivity index (χ0v) is 9.57. The summed E-state index contributed by atoms with van der Waals surface area (Å²) in [5.41, 5.74) is 1.96. The maximum Gasteiger partial charge on any atom is 0.223 e. The van der Waals surface area contributed by atoms with E-state index in [-0.39, 0.29) is 11.8 Å². The van der Waals surface area contributed by atoms with Crippen LogP contribution < -0.4 is 5.32 Å². The number of rotatable bonds is 3. The van der Waals surface area contributed by atoms with Crippen molar-refractivity contribution in [1.29, 1.82) is 0 Å². The molecule has 0 spiro atoms. The highest BCUT2D eigenvalue weighted by Crippen LogP contribution is 2.26. The predicted molar refractivity (Wildman–Crippen MR) is 65.3 cm³/mol. The number of aromatic amines is 1. The number of carbonyl (C=O) groups is 1. The minimum atomic E-state index is 0.164. The van der Waals surface area contributed by atoms with E-state index in [1.807, 2.05) is 24.3 Å². The molecule has 1 saturated carbocycles. The summed E-state index contributed by atoms with van der Waals surface area (Å²) >= 11 is 0. The van der Waals surface area contributed by atoms with E-state index in [1.165, 1.54) is 6.42 Å². The van der Waals surface area contributed by atoms with Gasteiger partial charge in [-0.15, -0.1) is 0 Å². The first-order valence-electron chi connectivity index (χ1n) is 6.04. The molecule has 1 aliphatic rings. The number of para-hydroxylation sites is 2. The van der Waals surface area contributed by atoms with Gasteiger partial charge >= 0.3 is 0 Å². The molecule has 0 radical (unpaired) electrons. The molecule has 1 amide bonds. The second-order valence-electron chi connectivity index (χ2n) is 4.55. The fourth-order valence-electron chi connectivity index (χ4n) is 2.07. The number of hydrogen-bond donors (Lipinski definition) is 2. The van der Waals surface area contributed by atoms with Crippen LogP contribution in [0.25, 0.3) is 11.0 Å². The molecule has 0 bridgehead atoms. The molecule has 1 aliphatic carbocycles. The van der Waals surface area contributed by atoms with Gasteiger partial charge < -0.3 is 10.3 Å². The lowest BCUT2D eigenvalue weighted by atomic mass is 9.85. The van der Waals surface area contributed by atoms with Crippen molar-refractivity contribution in [1.82, 2.24) is 15.3 Å². The molecule has 1 aromatic carbocycles. The van der Waals surface area contributed by atoms with Gasteiger partial charge in [0, 0.05) is 5.92 Å². The third-order valence-corrected chi connectivity index (χ3v) is 3.34.